The number of nitrogens with one attached hydrogen (secondary N) is 1. The molecule has 0 fully saturated rings. The van der Waals surface area contributed by atoms with E-state index in [-0.39, 0.29) is 18.3 Å². The number of hydrogen-bond acceptors (Lipinski definition) is 7. The van der Waals surface area contributed by atoms with Crippen LogP contribution in [-0.2, 0) is 23.9 Å². The van der Waals surface area contributed by atoms with E-state index in [1.807, 2.05) is 0 Å². The Labute approximate surface area is 151 Å². The van der Waals surface area contributed by atoms with Crippen molar-refractivity contribution in [3.05, 3.63) is 29.8 Å². The third-order valence-electron chi connectivity index (χ3n) is 3.21. The zero-order valence-electron chi connectivity index (χ0n) is 14.7. The molecule has 1 rings (SSSR count). The normalized spacial score (nSPS) is 12.6. The lowest BCUT2D eigenvalue weighted by Crippen LogP contribution is -2.42. The fraction of sp³-hybridized carbons (Fsp3) is 0.471. The number of esters is 2. The number of carbonyl (C=O) groups excluding carboxylic acids is 3. The molecule has 0 saturated carbocycles. The molecule has 0 radical (unpaired) electrons. The molecule has 2 atom stereocenters. The molecular weight excluding hydrogens is 346 g/mol. The van der Waals surface area contributed by atoms with Crippen LogP contribution in [0.25, 0.3) is 0 Å². The summed E-state index contributed by atoms with van der Waals surface area (Å²) < 4.78 is 14.9. The molecule has 0 aliphatic rings. The first-order chi connectivity index (χ1) is 11.9. The molecule has 0 aliphatic heterocycles. The van der Waals surface area contributed by atoms with Gasteiger partial charge in [-0.25, -0.2) is 4.79 Å². The van der Waals surface area contributed by atoms with E-state index in [4.69, 9.17) is 9.47 Å². The highest BCUT2D eigenvalue weighted by atomic mass is 32.2. The minimum Gasteiger partial charge on any atom is -0.497 e. The quantitative estimate of drug-likeness (QED) is 0.663. The molecule has 7 nitrogen and oxygen atoms in total. The van der Waals surface area contributed by atoms with E-state index in [0.717, 1.165) is 5.56 Å². The summed E-state index contributed by atoms with van der Waals surface area (Å²) in [5.74, 6) is -0.499. The average Bonchev–Trinajstić information content (AvgIpc) is 2.60. The lowest BCUT2D eigenvalue weighted by molar-refractivity contribution is -0.144. The predicted molar refractivity (Wildman–Crippen MR) is 94.4 cm³/mol. The maximum Gasteiger partial charge on any atom is 0.329 e. The number of thioether (sulfide) groups is 1. The van der Waals surface area contributed by atoms with E-state index in [2.05, 4.69) is 10.1 Å². The van der Waals surface area contributed by atoms with Crippen LogP contribution < -0.4 is 10.1 Å². The van der Waals surface area contributed by atoms with Crippen molar-refractivity contribution in [2.45, 2.75) is 25.1 Å². The van der Waals surface area contributed by atoms with Gasteiger partial charge < -0.3 is 19.5 Å². The highest BCUT2D eigenvalue weighted by Crippen LogP contribution is 2.32. The first kappa shape index (κ1) is 20.8. The summed E-state index contributed by atoms with van der Waals surface area (Å²) in [7, 11) is 2.80. The fourth-order valence-corrected chi connectivity index (χ4v) is 3.20. The second-order valence-corrected chi connectivity index (χ2v) is 6.15. The molecule has 0 bridgehead atoms. The van der Waals surface area contributed by atoms with Crippen molar-refractivity contribution in [1.82, 2.24) is 5.32 Å². The molecule has 138 valence electrons. The minimum atomic E-state index is -0.845. The third kappa shape index (κ3) is 6.66. The summed E-state index contributed by atoms with van der Waals surface area (Å²) in [6, 6.07) is 6.17. The highest BCUT2D eigenvalue weighted by molar-refractivity contribution is 8.00. The molecule has 0 heterocycles. The molecular formula is C17H23NO6S. The maximum absolute atomic E-state index is 12.3. The van der Waals surface area contributed by atoms with Crippen molar-refractivity contribution in [2.75, 3.05) is 26.6 Å². The Kier molecular flexibility index (Phi) is 8.83. The number of methoxy groups -OCH3 is 2. The van der Waals surface area contributed by atoms with Gasteiger partial charge in [-0.3, -0.25) is 9.59 Å². The van der Waals surface area contributed by atoms with Crippen molar-refractivity contribution in [1.29, 1.82) is 0 Å². The van der Waals surface area contributed by atoms with Crippen molar-refractivity contribution in [3.8, 4) is 5.75 Å². The second-order valence-electron chi connectivity index (χ2n) is 5.01. The Hall–Kier alpha value is -2.22. The van der Waals surface area contributed by atoms with Crippen LogP contribution >= 0.6 is 11.8 Å². The van der Waals surface area contributed by atoms with Crippen LogP contribution in [-0.4, -0.2) is 50.5 Å². The molecule has 1 aromatic rings. The molecule has 0 aliphatic carbocycles. The summed E-state index contributed by atoms with van der Waals surface area (Å²) in [6.07, 6.45) is 0. The Morgan fingerprint density at radius 2 is 1.76 bits per heavy atom. The van der Waals surface area contributed by atoms with Crippen molar-refractivity contribution in [3.63, 3.8) is 0 Å². The zero-order chi connectivity index (χ0) is 18.8. The van der Waals surface area contributed by atoms with Gasteiger partial charge in [0.2, 0.25) is 5.91 Å². The zero-order valence-corrected chi connectivity index (χ0v) is 15.6. The smallest absolute Gasteiger partial charge is 0.329 e. The minimum absolute atomic E-state index is 0.168. The molecule has 0 aromatic heterocycles. The van der Waals surface area contributed by atoms with E-state index in [1.54, 1.807) is 38.3 Å². The number of rotatable bonds is 9. The lowest BCUT2D eigenvalue weighted by Gasteiger charge is -2.20. The van der Waals surface area contributed by atoms with Gasteiger partial charge in [0.25, 0.3) is 0 Å². The molecule has 1 amide bonds. The van der Waals surface area contributed by atoms with Gasteiger partial charge in [-0.05, 0) is 24.6 Å². The van der Waals surface area contributed by atoms with Crippen molar-refractivity contribution >= 4 is 29.6 Å². The van der Waals surface area contributed by atoms with Gasteiger partial charge >= 0.3 is 11.9 Å². The van der Waals surface area contributed by atoms with E-state index in [1.165, 1.54) is 25.8 Å². The standard InChI is InChI=1S/C17H23NO6S/c1-5-24-17(21)15(12-6-8-13(22-3)9-7-12)25-10-14(16(20)23-4)18-11(2)19/h6-9,14-15H,5,10H2,1-4H3,(H,18,19). The molecule has 1 aromatic carbocycles. The molecule has 0 spiro atoms. The Morgan fingerprint density at radius 1 is 1.12 bits per heavy atom. The van der Waals surface area contributed by atoms with Crippen LogP contribution in [0.3, 0.4) is 0 Å². The Balaban J connectivity index is 2.93. The summed E-state index contributed by atoms with van der Waals surface area (Å²) in [5, 5.41) is 1.89. The Morgan fingerprint density at radius 3 is 2.24 bits per heavy atom. The van der Waals surface area contributed by atoms with Crippen LogP contribution in [0.2, 0.25) is 0 Å². The fourth-order valence-electron chi connectivity index (χ4n) is 2.05. The number of ether oxygens (including phenoxy) is 3. The summed E-state index contributed by atoms with van der Waals surface area (Å²) in [5.41, 5.74) is 0.718. The maximum atomic E-state index is 12.3. The van der Waals surface area contributed by atoms with Gasteiger partial charge in [0, 0.05) is 12.7 Å². The largest absolute Gasteiger partial charge is 0.497 e. The molecule has 0 saturated heterocycles. The Bertz CT molecular complexity index is 589. The van der Waals surface area contributed by atoms with Gasteiger partial charge in [0.15, 0.2) is 0 Å². The monoisotopic (exact) mass is 369 g/mol. The number of hydrogen-bond donors (Lipinski definition) is 1. The van der Waals surface area contributed by atoms with Crippen molar-refractivity contribution in [2.24, 2.45) is 0 Å². The third-order valence-corrected chi connectivity index (χ3v) is 4.54. The SMILES string of the molecule is CCOC(=O)C(SCC(NC(C)=O)C(=O)OC)c1ccc(OC)cc1. The van der Waals surface area contributed by atoms with E-state index in [0.29, 0.717) is 5.75 Å². The predicted octanol–water partition coefficient (Wildman–Crippen LogP) is 1.71. The van der Waals surface area contributed by atoms with Crippen LogP contribution in [0.5, 0.6) is 5.75 Å². The first-order valence-electron chi connectivity index (χ1n) is 7.70. The molecule has 8 heteroatoms. The first-order valence-corrected chi connectivity index (χ1v) is 8.74. The molecule has 2 unspecified atom stereocenters. The summed E-state index contributed by atoms with van der Waals surface area (Å²) >= 11 is 1.20. The number of carbonyl (C=O) groups is 3. The summed E-state index contributed by atoms with van der Waals surface area (Å²) in [4.78, 5) is 35.3. The van der Waals surface area contributed by atoms with Crippen LogP contribution in [0.1, 0.15) is 24.7 Å². The molecule has 1 N–H and O–H groups in total. The van der Waals surface area contributed by atoms with E-state index >= 15 is 0 Å². The number of benzene rings is 1. The highest BCUT2D eigenvalue weighted by Gasteiger charge is 2.27. The lowest BCUT2D eigenvalue weighted by atomic mass is 10.1. The van der Waals surface area contributed by atoms with Crippen LogP contribution in [0, 0.1) is 0 Å². The van der Waals surface area contributed by atoms with E-state index in [9.17, 15) is 14.4 Å². The van der Waals surface area contributed by atoms with Crippen LogP contribution in [0.15, 0.2) is 24.3 Å². The van der Waals surface area contributed by atoms with Gasteiger partial charge in [0.1, 0.15) is 17.0 Å². The van der Waals surface area contributed by atoms with Gasteiger partial charge in [-0.15, -0.1) is 11.8 Å². The second kappa shape index (κ2) is 10.6. The van der Waals surface area contributed by atoms with Gasteiger partial charge in [-0.1, -0.05) is 12.1 Å². The van der Waals surface area contributed by atoms with Crippen molar-refractivity contribution < 1.29 is 28.6 Å². The van der Waals surface area contributed by atoms with Gasteiger partial charge in [-0.2, -0.15) is 0 Å². The topological polar surface area (TPSA) is 90.9 Å². The van der Waals surface area contributed by atoms with Gasteiger partial charge in [0.05, 0.1) is 20.8 Å². The summed E-state index contributed by atoms with van der Waals surface area (Å²) in [6.45, 7) is 3.29. The molecule has 25 heavy (non-hydrogen) atoms. The van der Waals surface area contributed by atoms with E-state index < -0.39 is 23.2 Å². The van der Waals surface area contributed by atoms with Crippen LogP contribution in [0.4, 0.5) is 0 Å². The average molecular weight is 369 g/mol. The number of amides is 1.